The van der Waals surface area contributed by atoms with Crippen molar-refractivity contribution < 1.29 is 4.74 Å². The average Bonchev–Trinajstić information content (AvgIpc) is 2.88. The van der Waals surface area contributed by atoms with Crippen molar-refractivity contribution in [2.24, 2.45) is 5.92 Å². The molecule has 0 amide bonds. The summed E-state index contributed by atoms with van der Waals surface area (Å²) in [6, 6.07) is 3.87. The first kappa shape index (κ1) is 15.7. The maximum Gasteiger partial charge on any atom is 0.137 e. The molecule has 0 spiro atoms. The van der Waals surface area contributed by atoms with E-state index < -0.39 is 0 Å². The second-order valence-corrected chi connectivity index (χ2v) is 7.60. The van der Waals surface area contributed by atoms with Crippen LogP contribution in [0, 0.1) is 5.92 Å². The molecule has 0 radical (unpaired) electrons. The van der Waals surface area contributed by atoms with Gasteiger partial charge in [-0.1, -0.05) is 53.2 Å². The minimum Gasteiger partial charge on any atom is -0.495 e. The smallest absolute Gasteiger partial charge is 0.137 e. The minimum absolute atomic E-state index is 0.304. The number of benzene rings is 1. The van der Waals surface area contributed by atoms with Crippen LogP contribution < -0.4 is 4.74 Å². The Hall–Kier alpha value is 0.270. The van der Waals surface area contributed by atoms with Crippen LogP contribution >= 0.6 is 43.5 Å². The molecule has 2 rings (SSSR count). The Morgan fingerprint density at radius 1 is 1.37 bits per heavy atom. The lowest BCUT2D eigenvalue weighted by atomic mass is 9.98. The Bertz CT molecular complexity index is 430. The van der Waals surface area contributed by atoms with Crippen molar-refractivity contribution in [3.63, 3.8) is 0 Å². The van der Waals surface area contributed by atoms with Gasteiger partial charge in [0.25, 0.3) is 0 Å². The molecule has 106 valence electrons. The summed E-state index contributed by atoms with van der Waals surface area (Å²) >= 11 is 13.5. The van der Waals surface area contributed by atoms with Crippen molar-refractivity contribution in [1.82, 2.24) is 0 Å². The fourth-order valence-corrected chi connectivity index (χ4v) is 4.47. The van der Waals surface area contributed by atoms with Crippen molar-refractivity contribution in [2.75, 3.05) is 7.11 Å². The lowest BCUT2D eigenvalue weighted by molar-refractivity contribution is 0.404. The molecule has 0 heterocycles. The molecule has 1 aliphatic rings. The van der Waals surface area contributed by atoms with E-state index in [1.807, 2.05) is 12.1 Å². The number of methoxy groups -OCH3 is 1. The molecule has 1 aromatic carbocycles. The Kier molecular flexibility index (Phi) is 6.04. The van der Waals surface area contributed by atoms with E-state index in [4.69, 9.17) is 16.3 Å². The van der Waals surface area contributed by atoms with Gasteiger partial charge in [0, 0.05) is 15.4 Å². The van der Waals surface area contributed by atoms with Crippen LogP contribution in [0.1, 0.15) is 48.9 Å². The number of alkyl halides is 1. The van der Waals surface area contributed by atoms with Crippen molar-refractivity contribution in [3.05, 3.63) is 27.2 Å². The van der Waals surface area contributed by atoms with Gasteiger partial charge in [-0.15, -0.1) is 0 Å². The summed E-state index contributed by atoms with van der Waals surface area (Å²) in [5.41, 5.74) is 1.14. The van der Waals surface area contributed by atoms with E-state index in [2.05, 4.69) is 31.9 Å². The molecule has 1 atom stereocenters. The number of halogens is 3. The standard InChI is InChI=1S/C15H19Br2ClO/c1-19-15-12(8-11(18)9-14(15)17)13(16)7-6-10-4-2-3-5-10/h8-10,13H,2-7H2,1H3. The van der Waals surface area contributed by atoms with Gasteiger partial charge in [-0.3, -0.25) is 0 Å². The maximum atomic E-state index is 6.14. The molecule has 0 saturated heterocycles. The number of rotatable bonds is 5. The highest BCUT2D eigenvalue weighted by Crippen LogP contribution is 2.42. The highest BCUT2D eigenvalue weighted by Gasteiger charge is 2.20. The molecule has 1 nitrogen and oxygen atoms in total. The molecule has 0 N–H and O–H groups in total. The molecule has 1 saturated carbocycles. The summed E-state index contributed by atoms with van der Waals surface area (Å²) in [4.78, 5) is 0.304. The van der Waals surface area contributed by atoms with E-state index in [1.165, 1.54) is 32.1 Å². The zero-order chi connectivity index (χ0) is 13.8. The van der Waals surface area contributed by atoms with Crippen LogP contribution in [0.15, 0.2) is 16.6 Å². The van der Waals surface area contributed by atoms with Gasteiger partial charge in [-0.25, -0.2) is 0 Å². The van der Waals surface area contributed by atoms with Crippen molar-refractivity contribution in [1.29, 1.82) is 0 Å². The molecule has 1 aromatic rings. The Balaban J connectivity index is 2.06. The summed E-state index contributed by atoms with van der Waals surface area (Å²) < 4.78 is 6.41. The normalized spacial score (nSPS) is 17.7. The van der Waals surface area contributed by atoms with Gasteiger partial charge in [-0.05, 0) is 46.8 Å². The van der Waals surface area contributed by atoms with E-state index in [-0.39, 0.29) is 0 Å². The van der Waals surface area contributed by atoms with Gasteiger partial charge in [0.05, 0.1) is 11.6 Å². The van der Waals surface area contributed by atoms with Crippen molar-refractivity contribution in [2.45, 2.75) is 43.4 Å². The fourth-order valence-electron chi connectivity index (χ4n) is 2.86. The molecule has 0 bridgehead atoms. The number of ether oxygens (including phenoxy) is 1. The molecule has 1 fully saturated rings. The molecular formula is C15H19Br2ClO. The maximum absolute atomic E-state index is 6.14. The van der Waals surface area contributed by atoms with Gasteiger partial charge < -0.3 is 4.74 Å². The predicted octanol–water partition coefficient (Wildman–Crippen LogP) is 6.52. The summed E-state index contributed by atoms with van der Waals surface area (Å²) in [5.74, 6) is 1.80. The van der Waals surface area contributed by atoms with E-state index in [1.54, 1.807) is 7.11 Å². The van der Waals surface area contributed by atoms with Gasteiger partial charge >= 0.3 is 0 Å². The van der Waals surface area contributed by atoms with Crippen LogP contribution in [-0.4, -0.2) is 7.11 Å². The third-order valence-corrected chi connectivity index (χ3v) is 5.64. The molecule has 1 unspecified atom stereocenters. The molecular weight excluding hydrogens is 391 g/mol. The van der Waals surface area contributed by atoms with Gasteiger partial charge in [0.2, 0.25) is 0 Å². The van der Waals surface area contributed by atoms with Crippen molar-refractivity contribution in [3.8, 4) is 5.75 Å². The summed E-state index contributed by atoms with van der Waals surface area (Å²) in [7, 11) is 1.70. The topological polar surface area (TPSA) is 9.23 Å². The zero-order valence-corrected chi connectivity index (χ0v) is 15.0. The minimum atomic E-state index is 0.304. The second-order valence-electron chi connectivity index (χ2n) is 5.21. The van der Waals surface area contributed by atoms with Crippen LogP contribution in [0.3, 0.4) is 0 Å². The summed E-state index contributed by atoms with van der Waals surface area (Å²) in [6.45, 7) is 0. The molecule has 0 aliphatic heterocycles. The van der Waals surface area contributed by atoms with Gasteiger partial charge in [-0.2, -0.15) is 0 Å². The van der Waals surface area contributed by atoms with Crippen LogP contribution in [0.25, 0.3) is 0 Å². The second kappa shape index (κ2) is 7.33. The molecule has 19 heavy (non-hydrogen) atoms. The lowest BCUT2D eigenvalue weighted by Crippen LogP contribution is -2.00. The highest BCUT2D eigenvalue weighted by molar-refractivity contribution is 9.10. The molecule has 4 heteroatoms. The largest absolute Gasteiger partial charge is 0.495 e. The van der Waals surface area contributed by atoms with Gasteiger partial charge in [0.1, 0.15) is 5.75 Å². The summed E-state index contributed by atoms with van der Waals surface area (Å²) in [6.07, 6.45) is 8.02. The third kappa shape index (κ3) is 4.12. The SMILES string of the molecule is COc1c(Br)cc(Cl)cc1C(Br)CCC1CCCC1. The highest BCUT2D eigenvalue weighted by atomic mass is 79.9. The first-order valence-electron chi connectivity index (χ1n) is 6.78. The van der Waals surface area contributed by atoms with Crippen molar-refractivity contribution >= 4 is 43.5 Å². The van der Waals surface area contributed by atoms with Crippen LogP contribution in [-0.2, 0) is 0 Å². The van der Waals surface area contributed by atoms with E-state index in [9.17, 15) is 0 Å². The quantitative estimate of drug-likeness (QED) is 0.502. The van der Waals surface area contributed by atoms with Crippen LogP contribution in [0.2, 0.25) is 5.02 Å². The predicted molar refractivity (Wildman–Crippen MR) is 88.6 cm³/mol. The van der Waals surface area contributed by atoms with E-state index in [0.717, 1.165) is 33.1 Å². The molecule has 1 aliphatic carbocycles. The Morgan fingerprint density at radius 3 is 2.68 bits per heavy atom. The lowest BCUT2D eigenvalue weighted by Gasteiger charge is -2.18. The first-order chi connectivity index (χ1) is 9.11. The average molecular weight is 411 g/mol. The van der Waals surface area contributed by atoms with Crippen LogP contribution in [0.4, 0.5) is 0 Å². The number of hydrogen-bond donors (Lipinski definition) is 0. The molecule has 0 aromatic heterocycles. The monoisotopic (exact) mass is 408 g/mol. The first-order valence-corrected chi connectivity index (χ1v) is 8.87. The fraction of sp³-hybridized carbons (Fsp3) is 0.600. The summed E-state index contributed by atoms with van der Waals surface area (Å²) in [5, 5.41) is 0.744. The van der Waals surface area contributed by atoms with Crippen LogP contribution in [0.5, 0.6) is 5.75 Å². The zero-order valence-electron chi connectivity index (χ0n) is 11.1. The van der Waals surface area contributed by atoms with Gasteiger partial charge in [0.15, 0.2) is 0 Å². The Labute approximate surface area is 137 Å². The van der Waals surface area contributed by atoms with E-state index in [0.29, 0.717) is 4.83 Å². The Morgan fingerprint density at radius 2 is 2.05 bits per heavy atom. The van der Waals surface area contributed by atoms with E-state index >= 15 is 0 Å². The third-order valence-electron chi connectivity index (χ3n) is 3.88. The number of hydrogen-bond acceptors (Lipinski definition) is 1.